The molecule has 0 aliphatic heterocycles. The Morgan fingerprint density at radius 3 is 2.67 bits per heavy atom. The van der Waals surface area contributed by atoms with E-state index in [9.17, 15) is 4.79 Å². The van der Waals surface area contributed by atoms with Gasteiger partial charge in [-0.25, -0.2) is 4.79 Å². The lowest BCUT2D eigenvalue weighted by atomic mass is 10.1. The van der Waals surface area contributed by atoms with Crippen LogP contribution in [0.4, 0.5) is 0 Å². The summed E-state index contributed by atoms with van der Waals surface area (Å²) >= 11 is 3.42. The normalized spacial score (nSPS) is 11.1. The van der Waals surface area contributed by atoms with E-state index in [1.165, 1.54) is 6.08 Å². The summed E-state index contributed by atoms with van der Waals surface area (Å²) in [5.41, 5.74) is 2.29. The minimum Gasteiger partial charge on any atom is -0.490 e. The van der Waals surface area contributed by atoms with Crippen LogP contribution in [-0.2, 0) is 16.1 Å². The molecule has 5 nitrogen and oxygen atoms in total. The van der Waals surface area contributed by atoms with E-state index in [1.54, 1.807) is 26.4 Å². The van der Waals surface area contributed by atoms with Crippen LogP contribution < -0.4 is 9.47 Å². The Balaban J connectivity index is 1.97. The number of esters is 1. The predicted octanol–water partition coefficient (Wildman–Crippen LogP) is 5.36. The summed E-state index contributed by atoms with van der Waals surface area (Å²) in [6.07, 6.45) is 4.62. The molecular formula is C21H19BrO5. The molecule has 0 aliphatic carbocycles. The number of furan rings is 1. The summed E-state index contributed by atoms with van der Waals surface area (Å²) in [4.78, 5) is 11.7. The highest BCUT2D eigenvalue weighted by Gasteiger charge is 2.17. The maximum absolute atomic E-state index is 11.7. The topological polar surface area (TPSA) is 57.9 Å². The van der Waals surface area contributed by atoms with Crippen LogP contribution in [0.25, 0.3) is 17.0 Å². The number of carbonyl (C=O) groups excluding carboxylic acids is 1. The van der Waals surface area contributed by atoms with Gasteiger partial charge in [0.2, 0.25) is 5.75 Å². The van der Waals surface area contributed by atoms with E-state index in [2.05, 4.69) is 15.9 Å². The van der Waals surface area contributed by atoms with Crippen LogP contribution in [0.2, 0.25) is 0 Å². The summed E-state index contributed by atoms with van der Waals surface area (Å²) in [5.74, 6) is 0.573. The van der Waals surface area contributed by atoms with Crippen LogP contribution in [-0.4, -0.2) is 19.7 Å². The molecule has 0 bridgehead atoms. The minimum absolute atomic E-state index is 0.320. The Bertz CT molecular complexity index is 957. The van der Waals surface area contributed by atoms with Gasteiger partial charge in [0.05, 0.1) is 20.0 Å². The first-order chi connectivity index (χ1) is 13.1. The van der Waals surface area contributed by atoms with Crippen molar-refractivity contribution in [3.8, 4) is 11.5 Å². The molecule has 140 valence electrons. The molecule has 0 saturated carbocycles. The van der Waals surface area contributed by atoms with E-state index in [4.69, 9.17) is 18.6 Å². The van der Waals surface area contributed by atoms with Crippen molar-refractivity contribution >= 4 is 38.9 Å². The molecule has 0 unspecified atom stereocenters. The first-order valence-corrected chi connectivity index (χ1v) is 9.22. The predicted molar refractivity (Wildman–Crippen MR) is 107 cm³/mol. The van der Waals surface area contributed by atoms with Gasteiger partial charge in [-0.05, 0) is 42.8 Å². The van der Waals surface area contributed by atoms with E-state index < -0.39 is 5.97 Å². The molecular weight excluding hydrogens is 412 g/mol. The second kappa shape index (κ2) is 8.77. The molecule has 6 heteroatoms. The van der Waals surface area contributed by atoms with Crippen molar-refractivity contribution in [2.45, 2.75) is 13.5 Å². The lowest BCUT2D eigenvalue weighted by Crippen LogP contribution is -2.01. The van der Waals surface area contributed by atoms with Crippen molar-refractivity contribution in [1.29, 1.82) is 0 Å². The van der Waals surface area contributed by atoms with Crippen LogP contribution >= 0.6 is 15.9 Å². The lowest BCUT2D eigenvalue weighted by Gasteiger charge is -2.14. The molecule has 0 N–H and O–H groups in total. The van der Waals surface area contributed by atoms with Gasteiger partial charge in [-0.2, -0.15) is 0 Å². The minimum atomic E-state index is -0.414. The lowest BCUT2D eigenvalue weighted by molar-refractivity contribution is -0.137. The van der Waals surface area contributed by atoms with Crippen molar-refractivity contribution in [2.24, 2.45) is 0 Å². The molecule has 1 aromatic heterocycles. The van der Waals surface area contributed by atoms with Crippen molar-refractivity contribution < 1.29 is 23.4 Å². The van der Waals surface area contributed by atoms with Gasteiger partial charge in [0.15, 0.2) is 11.3 Å². The fourth-order valence-electron chi connectivity index (χ4n) is 2.63. The van der Waals surface area contributed by atoms with E-state index in [-0.39, 0.29) is 0 Å². The Morgan fingerprint density at radius 2 is 1.96 bits per heavy atom. The van der Waals surface area contributed by atoms with E-state index in [0.29, 0.717) is 35.9 Å². The number of halogens is 1. The monoisotopic (exact) mass is 430 g/mol. The van der Waals surface area contributed by atoms with Crippen LogP contribution in [0.3, 0.4) is 0 Å². The number of benzene rings is 2. The zero-order valence-corrected chi connectivity index (χ0v) is 16.6. The number of carbonyl (C=O) groups is 1. The standard InChI is InChI=1S/C21H19BrO5/c1-3-25-18(23)9-6-15-12-16-10-11-26-19(16)21(24-2)20(15)27-13-14-4-7-17(22)8-5-14/h4-12H,3,13H2,1-2H3. The summed E-state index contributed by atoms with van der Waals surface area (Å²) in [7, 11) is 1.56. The summed E-state index contributed by atoms with van der Waals surface area (Å²) in [5, 5.41) is 0.853. The Kier molecular flexibility index (Phi) is 6.19. The first-order valence-electron chi connectivity index (χ1n) is 8.42. The van der Waals surface area contributed by atoms with Crippen molar-refractivity contribution in [3.05, 3.63) is 64.3 Å². The Morgan fingerprint density at radius 1 is 1.19 bits per heavy atom. The highest BCUT2D eigenvalue weighted by atomic mass is 79.9. The number of fused-ring (bicyclic) bond motifs is 1. The second-order valence-electron chi connectivity index (χ2n) is 5.67. The maximum Gasteiger partial charge on any atom is 0.330 e. The van der Waals surface area contributed by atoms with E-state index in [0.717, 1.165) is 15.4 Å². The summed E-state index contributed by atoms with van der Waals surface area (Å²) < 4.78 is 23.1. The van der Waals surface area contributed by atoms with Gasteiger partial charge in [-0.1, -0.05) is 28.1 Å². The van der Waals surface area contributed by atoms with Crippen LogP contribution in [0.15, 0.2) is 57.6 Å². The number of hydrogen-bond donors (Lipinski definition) is 0. The SMILES string of the molecule is CCOC(=O)C=Cc1cc2ccoc2c(OC)c1OCc1ccc(Br)cc1. The fraction of sp³-hybridized carbons (Fsp3) is 0.190. The van der Waals surface area contributed by atoms with Crippen LogP contribution in [0, 0.1) is 0 Å². The average Bonchev–Trinajstić information content (AvgIpc) is 3.13. The van der Waals surface area contributed by atoms with Crippen LogP contribution in [0.1, 0.15) is 18.1 Å². The van der Waals surface area contributed by atoms with E-state index >= 15 is 0 Å². The van der Waals surface area contributed by atoms with Gasteiger partial charge in [0, 0.05) is 21.5 Å². The molecule has 0 amide bonds. The smallest absolute Gasteiger partial charge is 0.330 e. The largest absolute Gasteiger partial charge is 0.490 e. The van der Waals surface area contributed by atoms with Crippen molar-refractivity contribution in [2.75, 3.05) is 13.7 Å². The fourth-order valence-corrected chi connectivity index (χ4v) is 2.89. The van der Waals surface area contributed by atoms with Crippen molar-refractivity contribution in [3.63, 3.8) is 0 Å². The third kappa shape index (κ3) is 4.52. The van der Waals surface area contributed by atoms with Gasteiger partial charge < -0.3 is 18.6 Å². The molecule has 0 atom stereocenters. The number of hydrogen-bond acceptors (Lipinski definition) is 5. The molecule has 2 aromatic carbocycles. The molecule has 0 radical (unpaired) electrons. The molecule has 1 heterocycles. The van der Waals surface area contributed by atoms with Gasteiger partial charge >= 0.3 is 5.97 Å². The summed E-state index contributed by atoms with van der Waals surface area (Å²) in [6.45, 7) is 2.43. The molecule has 27 heavy (non-hydrogen) atoms. The molecule has 0 fully saturated rings. The van der Waals surface area contributed by atoms with E-state index in [1.807, 2.05) is 36.4 Å². The molecule has 3 rings (SSSR count). The van der Waals surface area contributed by atoms with Gasteiger partial charge in [-0.15, -0.1) is 0 Å². The van der Waals surface area contributed by atoms with Crippen molar-refractivity contribution in [1.82, 2.24) is 0 Å². The number of rotatable bonds is 7. The van der Waals surface area contributed by atoms with Gasteiger partial charge in [0.1, 0.15) is 6.61 Å². The second-order valence-corrected chi connectivity index (χ2v) is 6.58. The number of ether oxygens (including phenoxy) is 3. The molecule has 0 spiro atoms. The average molecular weight is 431 g/mol. The Hall–Kier alpha value is -2.73. The quantitative estimate of drug-likeness (QED) is 0.373. The molecule has 3 aromatic rings. The highest BCUT2D eigenvalue weighted by molar-refractivity contribution is 9.10. The first kappa shape index (κ1) is 19.0. The molecule has 0 saturated heterocycles. The zero-order chi connectivity index (χ0) is 19.2. The molecule has 0 aliphatic rings. The maximum atomic E-state index is 11.7. The zero-order valence-electron chi connectivity index (χ0n) is 15.0. The Labute approximate surface area is 165 Å². The third-order valence-electron chi connectivity index (χ3n) is 3.87. The van der Waals surface area contributed by atoms with Gasteiger partial charge in [0.25, 0.3) is 0 Å². The third-order valence-corrected chi connectivity index (χ3v) is 4.40. The van der Waals surface area contributed by atoms with Crippen LogP contribution in [0.5, 0.6) is 11.5 Å². The van der Waals surface area contributed by atoms with Gasteiger partial charge in [-0.3, -0.25) is 0 Å². The summed E-state index contributed by atoms with van der Waals surface area (Å²) in [6, 6.07) is 11.6. The highest BCUT2D eigenvalue weighted by Crippen LogP contribution is 2.40. The number of methoxy groups -OCH3 is 1.